The number of fused-ring (bicyclic) bond motifs is 1. The lowest BCUT2D eigenvalue weighted by Crippen LogP contribution is -2.50. The summed E-state index contributed by atoms with van der Waals surface area (Å²) in [6.45, 7) is 8.17. The van der Waals surface area contributed by atoms with Gasteiger partial charge in [-0.05, 0) is 38.5 Å². The van der Waals surface area contributed by atoms with Crippen LogP contribution in [0, 0.1) is 13.8 Å². The van der Waals surface area contributed by atoms with E-state index in [4.69, 9.17) is 4.74 Å². The number of Topliss-reactive ketones (excluding diaryl/α,β-unsaturated/α-hetero) is 1. The average Bonchev–Trinajstić information content (AvgIpc) is 3.34. The number of ether oxygens (including phenoxy) is 1. The Morgan fingerprint density at radius 2 is 1.75 bits per heavy atom. The molecule has 32 heavy (non-hydrogen) atoms. The number of benzene rings is 1. The zero-order valence-electron chi connectivity index (χ0n) is 18.7. The number of ketones is 1. The topological polar surface area (TPSA) is 98.5 Å². The van der Waals surface area contributed by atoms with Gasteiger partial charge in [-0.25, -0.2) is 4.79 Å². The number of amides is 1. The number of esters is 1. The van der Waals surface area contributed by atoms with Crippen molar-refractivity contribution in [3.05, 3.63) is 58.5 Å². The number of nitrogens with one attached hydrogen (secondary N) is 2. The standard InChI is InChI=1S/C24H28N4O4/c1-4-32-24(31)22-15(2)21(16(3)25-22)20(29)14-27-9-11-28(12-10-27)23(30)19-13-17-7-5-6-8-18(17)26-19/h5-8,13,25-26H,4,9-12,14H2,1-3H3. The van der Waals surface area contributed by atoms with Crippen molar-refractivity contribution in [3.8, 4) is 0 Å². The highest BCUT2D eigenvalue weighted by Gasteiger charge is 2.27. The van der Waals surface area contributed by atoms with Crippen molar-refractivity contribution in [3.63, 3.8) is 0 Å². The first-order valence-electron chi connectivity index (χ1n) is 10.9. The summed E-state index contributed by atoms with van der Waals surface area (Å²) in [5.74, 6) is -0.512. The Labute approximate surface area is 186 Å². The smallest absolute Gasteiger partial charge is 0.355 e. The molecule has 3 aromatic rings. The lowest BCUT2D eigenvalue weighted by molar-refractivity contribution is 0.0518. The Morgan fingerprint density at radius 1 is 1.03 bits per heavy atom. The summed E-state index contributed by atoms with van der Waals surface area (Å²) in [5, 5.41) is 1.01. The van der Waals surface area contributed by atoms with Gasteiger partial charge in [-0.1, -0.05) is 18.2 Å². The fourth-order valence-corrected chi connectivity index (χ4v) is 4.33. The second-order valence-electron chi connectivity index (χ2n) is 8.11. The molecule has 8 heteroatoms. The molecule has 2 N–H and O–H groups in total. The molecular formula is C24H28N4O4. The second kappa shape index (κ2) is 9.00. The van der Waals surface area contributed by atoms with Gasteiger partial charge >= 0.3 is 5.97 Å². The monoisotopic (exact) mass is 436 g/mol. The number of para-hydroxylation sites is 1. The molecule has 4 rings (SSSR count). The van der Waals surface area contributed by atoms with E-state index < -0.39 is 5.97 Å². The molecule has 0 saturated carbocycles. The highest BCUT2D eigenvalue weighted by Crippen LogP contribution is 2.21. The number of hydrogen-bond donors (Lipinski definition) is 2. The number of H-pyrrole nitrogens is 2. The maximum Gasteiger partial charge on any atom is 0.355 e. The first kappa shape index (κ1) is 21.8. The van der Waals surface area contributed by atoms with Gasteiger partial charge in [-0.15, -0.1) is 0 Å². The Morgan fingerprint density at radius 3 is 2.44 bits per heavy atom. The third-order valence-corrected chi connectivity index (χ3v) is 5.98. The number of carbonyl (C=O) groups excluding carboxylic acids is 3. The number of carbonyl (C=O) groups is 3. The van der Waals surface area contributed by atoms with Gasteiger partial charge < -0.3 is 19.6 Å². The highest BCUT2D eigenvalue weighted by molar-refractivity contribution is 6.03. The molecule has 1 amide bonds. The van der Waals surface area contributed by atoms with Crippen LogP contribution in [-0.2, 0) is 4.74 Å². The lowest BCUT2D eigenvalue weighted by atomic mass is 10.0. The van der Waals surface area contributed by atoms with Crippen molar-refractivity contribution in [2.45, 2.75) is 20.8 Å². The van der Waals surface area contributed by atoms with Crippen LogP contribution in [-0.4, -0.2) is 76.8 Å². The number of nitrogens with zero attached hydrogens (tertiary/aromatic N) is 2. The molecule has 1 saturated heterocycles. The zero-order valence-corrected chi connectivity index (χ0v) is 18.7. The molecule has 1 fully saturated rings. The fourth-order valence-electron chi connectivity index (χ4n) is 4.33. The summed E-state index contributed by atoms with van der Waals surface area (Å²) in [7, 11) is 0. The van der Waals surface area contributed by atoms with Crippen molar-refractivity contribution >= 4 is 28.6 Å². The number of hydrogen-bond acceptors (Lipinski definition) is 5. The molecule has 0 spiro atoms. The molecule has 0 bridgehead atoms. The van der Waals surface area contributed by atoms with Gasteiger partial charge in [0.2, 0.25) is 0 Å². The normalized spacial score (nSPS) is 14.7. The Kier molecular flexibility index (Phi) is 6.14. The van der Waals surface area contributed by atoms with E-state index in [2.05, 4.69) is 9.97 Å². The van der Waals surface area contributed by atoms with Crippen LogP contribution in [0.3, 0.4) is 0 Å². The lowest BCUT2D eigenvalue weighted by Gasteiger charge is -2.34. The van der Waals surface area contributed by atoms with Gasteiger partial charge in [-0.3, -0.25) is 14.5 Å². The van der Waals surface area contributed by atoms with E-state index in [1.807, 2.05) is 40.1 Å². The molecule has 0 atom stereocenters. The van der Waals surface area contributed by atoms with E-state index in [-0.39, 0.29) is 24.8 Å². The molecule has 3 heterocycles. The molecule has 2 aromatic heterocycles. The van der Waals surface area contributed by atoms with E-state index in [9.17, 15) is 14.4 Å². The number of piperazine rings is 1. The predicted molar refractivity (Wildman–Crippen MR) is 121 cm³/mol. The van der Waals surface area contributed by atoms with Crippen molar-refractivity contribution < 1.29 is 19.1 Å². The average molecular weight is 437 g/mol. The highest BCUT2D eigenvalue weighted by atomic mass is 16.5. The summed E-state index contributed by atoms with van der Waals surface area (Å²) in [5.41, 5.74) is 3.70. The van der Waals surface area contributed by atoms with Crippen LogP contribution in [0.2, 0.25) is 0 Å². The molecular weight excluding hydrogens is 408 g/mol. The van der Waals surface area contributed by atoms with Crippen LogP contribution in [0.4, 0.5) is 0 Å². The molecule has 1 aliphatic heterocycles. The second-order valence-corrected chi connectivity index (χ2v) is 8.11. The summed E-state index contributed by atoms with van der Waals surface area (Å²) in [6.07, 6.45) is 0. The third-order valence-electron chi connectivity index (χ3n) is 5.98. The molecule has 0 radical (unpaired) electrons. The van der Waals surface area contributed by atoms with Gasteiger partial charge in [-0.2, -0.15) is 0 Å². The minimum absolute atomic E-state index is 0.0245. The van der Waals surface area contributed by atoms with Gasteiger partial charge in [0.15, 0.2) is 5.78 Å². The SMILES string of the molecule is CCOC(=O)c1[nH]c(C)c(C(=O)CN2CCN(C(=O)c3cc4ccccc4[nH]3)CC2)c1C. The molecule has 1 aromatic carbocycles. The molecule has 8 nitrogen and oxygen atoms in total. The summed E-state index contributed by atoms with van der Waals surface area (Å²) >= 11 is 0. The van der Waals surface area contributed by atoms with Crippen LogP contribution >= 0.6 is 0 Å². The Balaban J connectivity index is 1.37. The van der Waals surface area contributed by atoms with Crippen molar-refractivity contribution in [1.82, 2.24) is 19.8 Å². The third kappa shape index (κ3) is 4.18. The molecule has 0 unspecified atom stereocenters. The predicted octanol–water partition coefficient (Wildman–Crippen LogP) is 2.93. The van der Waals surface area contributed by atoms with E-state index in [0.29, 0.717) is 54.4 Å². The number of aromatic nitrogens is 2. The van der Waals surface area contributed by atoms with Gasteiger partial charge in [0.05, 0.1) is 13.2 Å². The summed E-state index contributed by atoms with van der Waals surface area (Å²) in [4.78, 5) is 48.0. The number of rotatable bonds is 6. The summed E-state index contributed by atoms with van der Waals surface area (Å²) in [6, 6.07) is 9.70. The van der Waals surface area contributed by atoms with Crippen molar-refractivity contribution in [1.29, 1.82) is 0 Å². The minimum Gasteiger partial charge on any atom is -0.461 e. The Bertz CT molecular complexity index is 1140. The molecule has 0 aliphatic carbocycles. The number of aryl methyl sites for hydroxylation is 1. The first-order chi connectivity index (χ1) is 15.4. The first-order valence-corrected chi connectivity index (χ1v) is 10.9. The number of aromatic amines is 2. The largest absolute Gasteiger partial charge is 0.461 e. The minimum atomic E-state index is -0.448. The maximum atomic E-state index is 13.0. The van der Waals surface area contributed by atoms with E-state index in [1.165, 1.54) is 0 Å². The van der Waals surface area contributed by atoms with Crippen LogP contribution in [0.15, 0.2) is 30.3 Å². The Hall–Kier alpha value is -3.39. The fraction of sp³-hybridized carbons (Fsp3) is 0.375. The van der Waals surface area contributed by atoms with Gasteiger partial charge in [0.1, 0.15) is 11.4 Å². The zero-order chi connectivity index (χ0) is 22.8. The van der Waals surface area contributed by atoms with E-state index >= 15 is 0 Å². The van der Waals surface area contributed by atoms with E-state index in [0.717, 1.165) is 10.9 Å². The quantitative estimate of drug-likeness (QED) is 0.457. The van der Waals surface area contributed by atoms with Gasteiger partial charge in [0, 0.05) is 48.3 Å². The van der Waals surface area contributed by atoms with E-state index in [1.54, 1.807) is 20.8 Å². The molecule has 168 valence electrons. The van der Waals surface area contributed by atoms with Crippen molar-refractivity contribution in [2.75, 3.05) is 39.3 Å². The van der Waals surface area contributed by atoms with Crippen LogP contribution in [0.25, 0.3) is 10.9 Å². The van der Waals surface area contributed by atoms with Gasteiger partial charge in [0.25, 0.3) is 5.91 Å². The summed E-state index contributed by atoms with van der Waals surface area (Å²) < 4.78 is 5.06. The van der Waals surface area contributed by atoms with Crippen LogP contribution in [0.5, 0.6) is 0 Å². The van der Waals surface area contributed by atoms with Crippen LogP contribution < -0.4 is 0 Å². The van der Waals surface area contributed by atoms with Crippen molar-refractivity contribution in [2.24, 2.45) is 0 Å². The maximum absolute atomic E-state index is 13.0. The molecule has 1 aliphatic rings. The van der Waals surface area contributed by atoms with Crippen LogP contribution in [0.1, 0.15) is 49.5 Å².